The normalized spacial score (nSPS) is 15.1. The molecule has 0 fully saturated rings. The van der Waals surface area contributed by atoms with E-state index < -0.39 is 26.6 Å². The summed E-state index contributed by atoms with van der Waals surface area (Å²) < 4.78 is 31.9. The molecule has 0 saturated carbocycles. The van der Waals surface area contributed by atoms with Crippen LogP contribution < -0.4 is 6.15 Å². The number of hydrogen-bond donors (Lipinski definition) is 1. The molecule has 0 aromatic carbocycles. The van der Waals surface area contributed by atoms with Crippen LogP contribution in [0.15, 0.2) is 12.7 Å². The molecule has 1 unspecified atom stereocenters. The van der Waals surface area contributed by atoms with Gasteiger partial charge in [-0.15, -0.1) is 0 Å². The Kier molecular flexibility index (Phi) is 6.76. The van der Waals surface area contributed by atoms with Gasteiger partial charge >= 0.3 is 0 Å². The zero-order chi connectivity index (χ0) is 12.3. The lowest BCUT2D eigenvalue weighted by molar-refractivity contribution is -0.118. The van der Waals surface area contributed by atoms with Crippen LogP contribution in [0.25, 0.3) is 0 Å². The number of hydrogen-bond acceptors (Lipinski definition) is 4. The maximum Gasteiger partial charge on any atom is 0.175 e. The van der Waals surface area contributed by atoms with Crippen molar-refractivity contribution in [2.24, 2.45) is 5.92 Å². The van der Waals surface area contributed by atoms with Gasteiger partial charge in [-0.3, -0.25) is 4.79 Å². The lowest BCUT2D eigenvalue weighted by atomic mass is 9.86. The van der Waals surface area contributed by atoms with Gasteiger partial charge < -0.3 is 10.7 Å². The van der Waals surface area contributed by atoms with Gasteiger partial charge in [-0.2, -0.15) is 0 Å². The second-order valence-electron chi connectivity index (χ2n) is 3.82. The Balaban J connectivity index is 0. The first-order valence-corrected chi connectivity index (χ1v) is 6.27. The van der Waals surface area contributed by atoms with E-state index in [0.29, 0.717) is 6.42 Å². The minimum atomic E-state index is -4.67. The van der Waals surface area contributed by atoms with Crippen molar-refractivity contribution in [2.45, 2.75) is 38.4 Å². The Bertz CT molecular complexity index is 348. The molecule has 0 aliphatic carbocycles. The first kappa shape index (κ1) is 17.7. The minimum absolute atomic E-state index is 0. The highest BCUT2D eigenvalue weighted by molar-refractivity contribution is 7.88. The highest BCUT2D eigenvalue weighted by atomic mass is 32.2. The third kappa shape index (κ3) is 2.90. The molecule has 0 radical (unpaired) electrons. The molecule has 6 heteroatoms. The van der Waals surface area contributed by atoms with Crippen molar-refractivity contribution in [1.82, 2.24) is 6.15 Å². The van der Waals surface area contributed by atoms with Crippen molar-refractivity contribution in [2.75, 3.05) is 0 Å². The Morgan fingerprint density at radius 1 is 1.50 bits per heavy atom. The summed E-state index contributed by atoms with van der Waals surface area (Å²) in [5, 5.41) is 0. The van der Waals surface area contributed by atoms with E-state index in [2.05, 4.69) is 6.58 Å². The molecule has 0 aliphatic rings. The van der Waals surface area contributed by atoms with Crippen LogP contribution in [0.3, 0.4) is 0 Å². The number of allylic oxidation sites excluding steroid dienone is 1. The molecule has 4 N–H and O–H groups in total. The van der Waals surface area contributed by atoms with Crippen LogP contribution in [-0.4, -0.2) is 23.5 Å². The Morgan fingerprint density at radius 3 is 2.12 bits per heavy atom. The average Bonchev–Trinajstić information content (AvgIpc) is 2.10. The van der Waals surface area contributed by atoms with E-state index in [1.807, 2.05) is 0 Å². The van der Waals surface area contributed by atoms with Crippen LogP contribution in [0.1, 0.15) is 33.6 Å². The van der Waals surface area contributed by atoms with Crippen LogP contribution in [-0.2, 0) is 14.9 Å². The maximum absolute atomic E-state index is 11.6. The van der Waals surface area contributed by atoms with Gasteiger partial charge in [0.15, 0.2) is 5.78 Å². The summed E-state index contributed by atoms with van der Waals surface area (Å²) in [6.45, 7) is 8.11. The van der Waals surface area contributed by atoms with Crippen LogP contribution in [0.5, 0.6) is 0 Å². The highest BCUT2D eigenvalue weighted by Gasteiger charge is 2.45. The predicted molar refractivity (Wildman–Crippen MR) is 63.4 cm³/mol. The molecule has 0 rings (SSSR count). The zero-order valence-electron chi connectivity index (χ0n) is 10.3. The van der Waals surface area contributed by atoms with Gasteiger partial charge in [0.25, 0.3) is 0 Å². The molecule has 0 saturated heterocycles. The number of carbonyl (C=O) groups excluding carboxylic acids is 1. The molecule has 96 valence electrons. The fourth-order valence-electron chi connectivity index (χ4n) is 1.78. The Labute approximate surface area is 97.3 Å². The Hall–Kier alpha value is -0.720. The fourth-order valence-corrected chi connectivity index (χ4v) is 3.14. The largest absolute Gasteiger partial charge is 0.747 e. The quantitative estimate of drug-likeness (QED) is 0.573. The number of quaternary nitrogens is 1. The highest BCUT2D eigenvalue weighted by Crippen LogP contribution is 2.32. The molecule has 0 aromatic rings. The second-order valence-corrected chi connectivity index (χ2v) is 5.45. The molecular weight excluding hydrogens is 230 g/mol. The molecule has 0 bridgehead atoms. The molecule has 0 heterocycles. The van der Waals surface area contributed by atoms with Crippen molar-refractivity contribution in [3.05, 3.63) is 12.7 Å². The monoisotopic (exact) mass is 251 g/mol. The fraction of sp³-hybridized carbons (Fsp3) is 0.700. The van der Waals surface area contributed by atoms with E-state index in [9.17, 15) is 17.8 Å². The number of carbonyl (C=O) groups is 1. The zero-order valence-corrected chi connectivity index (χ0v) is 11.1. The van der Waals surface area contributed by atoms with E-state index in [4.69, 9.17) is 0 Å². The average molecular weight is 251 g/mol. The van der Waals surface area contributed by atoms with Gasteiger partial charge in [-0.25, -0.2) is 8.42 Å². The first-order chi connectivity index (χ1) is 6.74. The standard InChI is InChI=1S/C10H18O4S.H3N/c1-5-7-10(8(3)4,9(11)6-2)15(12,13)14;/h6,8H,2,5,7H2,1,3-4H3,(H,12,13,14);1H3. The first-order valence-electron chi connectivity index (χ1n) is 4.86. The molecule has 0 amide bonds. The van der Waals surface area contributed by atoms with Gasteiger partial charge in [-0.05, 0) is 18.4 Å². The summed E-state index contributed by atoms with van der Waals surface area (Å²) >= 11 is 0. The van der Waals surface area contributed by atoms with Crippen molar-refractivity contribution in [3.63, 3.8) is 0 Å². The smallest absolute Gasteiger partial charge is 0.175 e. The number of rotatable bonds is 6. The summed E-state index contributed by atoms with van der Waals surface area (Å²) in [5.74, 6) is -1.25. The minimum Gasteiger partial charge on any atom is -0.747 e. The van der Waals surface area contributed by atoms with Crippen molar-refractivity contribution in [1.29, 1.82) is 0 Å². The predicted octanol–water partition coefficient (Wildman–Crippen LogP) is 1.86. The van der Waals surface area contributed by atoms with Gasteiger partial charge in [-0.1, -0.05) is 33.8 Å². The van der Waals surface area contributed by atoms with Crippen molar-refractivity contribution >= 4 is 15.9 Å². The molecular formula is C10H21NO4S. The van der Waals surface area contributed by atoms with Gasteiger partial charge in [0.1, 0.15) is 14.9 Å². The topological polar surface area (TPSA) is 111 Å². The molecule has 0 aromatic heterocycles. The SMILES string of the molecule is C=CC(=O)C(CCC)(C(C)C)S(=O)(=O)[O-].[NH4+]. The van der Waals surface area contributed by atoms with Gasteiger partial charge in [0, 0.05) is 0 Å². The third-order valence-corrected chi connectivity index (χ3v) is 4.37. The third-order valence-electron chi connectivity index (χ3n) is 2.60. The van der Waals surface area contributed by atoms with Crippen LogP contribution in [0.2, 0.25) is 0 Å². The Morgan fingerprint density at radius 2 is 1.94 bits per heavy atom. The van der Waals surface area contributed by atoms with Crippen LogP contribution in [0, 0.1) is 5.92 Å². The lowest BCUT2D eigenvalue weighted by Crippen LogP contribution is -2.50. The summed E-state index contributed by atoms with van der Waals surface area (Å²) in [7, 11) is -4.67. The van der Waals surface area contributed by atoms with Crippen LogP contribution >= 0.6 is 0 Å². The van der Waals surface area contributed by atoms with E-state index in [-0.39, 0.29) is 12.6 Å². The van der Waals surface area contributed by atoms with E-state index in [0.717, 1.165) is 6.08 Å². The molecule has 1 atom stereocenters. The summed E-state index contributed by atoms with van der Waals surface area (Å²) in [5.41, 5.74) is 0. The van der Waals surface area contributed by atoms with Gasteiger partial charge in [0.2, 0.25) is 0 Å². The lowest BCUT2D eigenvalue weighted by Gasteiger charge is -2.37. The van der Waals surface area contributed by atoms with E-state index >= 15 is 0 Å². The van der Waals surface area contributed by atoms with E-state index in [1.165, 1.54) is 0 Å². The second kappa shape index (κ2) is 6.12. The van der Waals surface area contributed by atoms with Crippen LogP contribution in [0.4, 0.5) is 0 Å². The molecule has 5 nitrogen and oxygen atoms in total. The van der Waals surface area contributed by atoms with Crippen molar-refractivity contribution < 1.29 is 17.8 Å². The molecule has 16 heavy (non-hydrogen) atoms. The summed E-state index contributed by atoms with van der Waals surface area (Å²) in [6, 6.07) is 0. The number of ketones is 1. The molecule has 0 spiro atoms. The van der Waals surface area contributed by atoms with E-state index in [1.54, 1.807) is 20.8 Å². The molecule has 0 aliphatic heterocycles. The summed E-state index contributed by atoms with van der Waals surface area (Å²) in [4.78, 5) is 11.6. The summed E-state index contributed by atoms with van der Waals surface area (Å²) in [6.07, 6.45) is 1.42. The van der Waals surface area contributed by atoms with Crippen molar-refractivity contribution in [3.8, 4) is 0 Å². The maximum atomic E-state index is 11.6. The van der Waals surface area contributed by atoms with Gasteiger partial charge in [0.05, 0.1) is 0 Å².